The van der Waals surface area contributed by atoms with E-state index in [2.05, 4.69) is 40.2 Å². The lowest BCUT2D eigenvalue weighted by Gasteiger charge is -2.34. The van der Waals surface area contributed by atoms with Crippen molar-refractivity contribution < 1.29 is 4.79 Å². The van der Waals surface area contributed by atoms with Gasteiger partial charge in [0.25, 0.3) is 0 Å². The minimum atomic E-state index is 0.290. The largest absolute Gasteiger partial charge is 0.340 e. The Balaban J connectivity index is 1.33. The zero-order valence-electron chi connectivity index (χ0n) is 14.5. The standard InChI is InChI=1S/C20H25N3OS/c24-20(9-15-25-17-18-6-2-1-3-7-18)23-13-11-22(12-14-23)16-19-8-4-5-10-21-19/h1-8,10H,9,11-17H2. The molecule has 1 aliphatic heterocycles. The highest BCUT2D eigenvalue weighted by Crippen LogP contribution is 2.14. The molecule has 2 heterocycles. The summed E-state index contributed by atoms with van der Waals surface area (Å²) in [4.78, 5) is 21.1. The minimum absolute atomic E-state index is 0.290. The van der Waals surface area contributed by atoms with Crippen LogP contribution in [-0.4, -0.2) is 52.6 Å². The lowest BCUT2D eigenvalue weighted by Crippen LogP contribution is -2.48. The SMILES string of the molecule is O=C(CCSCc1ccccc1)N1CCN(Cc2ccccn2)CC1. The van der Waals surface area contributed by atoms with Crippen LogP contribution in [0.2, 0.25) is 0 Å². The molecule has 1 saturated heterocycles. The molecule has 0 N–H and O–H groups in total. The maximum atomic E-state index is 12.4. The maximum absolute atomic E-state index is 12.4. The van der Waals surface area contributed by atoms with Gasteiger partial charge in [-0.25, -0.2) is 0 Å². The summed E-state index contributed by atoms with van der Waals surface area (Å²) in [6, 6.07) is 16.4. The second kappa shape index (κ2) is 9.59. The molecule has 1 aliphatic rings. The molecular weight excluding hydrogens is 330 g/mol. The van der Waals surface area contributed by atoms with Gasteiger partial charge in [0.15, 0.2) is 0 Å². The minimum Gasteiger partial charge on any atom is -0.340 e. The Hall–Kier alpha value is -1.85. The van der Waals surface area contributed by atoms with Crippen LogP contribution in [0.25, 0.3) is 0 Å². The number of nitrogens with zero attached hydrogens (tertiary/aromatic N) is 3. The fraction of sp³-hybridized carbons (Fsp3) is 0.400. The molecule has 1 amide bonds. The van der Waals surface area contributed by atoms with E-state index >= 15 is 0 Å². The molecule has 3 rings (SSSR count). The lowest BCUT2D eigenvalue weighted by atomic mass is 10.2. The first kappa shape index (κ1) is 18.0. The van der Waals surface area contributed by atoms with Gasteiger partial charge in [0, 0.05) is 56.8 Å². The van der Waals surface area contributed by atoms with E-state index in [1.165, 1.54) is 5.56 Å². The van der Waals surface area contributed by atoms with Gasteiger partial charge in [0.05, 0.1) is 5.69 Å². The first-order chi connectivity index (χ1) is 12.3. The molecule has 0 spiro atoms. The van der Waals surface area contributed by atoms with Crippen LogP contribution in [0.4, 0.5) is 0 Å². The Morgan fingerprint density at radius 2 is 1.76 bits per heavy atom. The monoisotopic (exact) mass is 355 g/mol. The predicted octanol–water partition coefficient (Wildman–Crippen LogP) is 3.05. The number of benzene rings is 1. The van der Waals surface area contributed by atoms with Crippen molar-refractivity contribution in [1.82, 2.24) is 14.8 Å². The number of rotatable bonds is 7. The third-order valence-electron chi connectivity index (χ3n) is 4.41. The number of carbonyl (C=O) groups is 1. The molecule has 0 aliphatic carbocycles. The fourth-order valence-electron chi connectivity index (χ4n) is 2.96. The molecule has 5 heteroatoms. The second-order valence-electron chi connectivity index (χ2n) is 6.27. The van der Waals surface area contributed by atoms with Crippen LogP contribution < -0.4 is 0 Å². The number of aromatic nitrogens is 1. The molecule has 1 aromatic carbocycles. The predicted molar refractivity (Wildman–Crippen MR) is 103 cm³/mol. The molecule has 4 nitrogen and oxygen atoms in total. The van der Waals surface area contributed by atoms with Crippen molar-refractivity contribution in [3.63, 3.8) is 0 Å². The van der Waals surface area contributed by atoms with E-state index in [1.807, 2.05) is 41.1 Å². The Bertz CT molecular complexity index is 643. The quantitative estimate of drug-likeness (QED) is 0.715. The molecule has 0 saturated carbocycles. The fourth-order valence-corrected chi connectivity index (χ4v) is 3.85. The maximum Gasteiger partial charge on any atom is 0.223 e. The van der Waals surface area contributed by atoms with E-state index in [4.69, 9.17) is 0 Å². The van der Waals surface area contributed by atoms with Crippen LogP contribution in [0.15, 0.2) is 54.7 Å². The topological polar surface area (TPSA) is 36.4 Å². The second-order valence-corrected chi connectivity index (χ2v) is 7.37. The number of hydrogen-bond donors (Lipinski definition) is 0. The van der Waals surface area contributed by atoms with Crippen molar-refractivity contribution >= 4 is 17.7 Å². The van der Waals surface area contributed by atoms with Crippen molar-refractivity contribution in [3.05, 3.63) is 66.0 Å². The van der Waals surface area contributed by atoms with Crippen LogP contribution in [0, 0.1) is 0 Å². The summed E-state index contributed by atoms with van der Waals surface area (Å²) < 4.78 is 0. The summed E-state index contributed by atoms with van der Waals surface area (Å²) in [7, 11) is 0. The van der Waals surface area contributed by atoms with Gasteiger partial charge >= 0.3 is 0 Å². The number of piperazine rings is 1. The van der Waals surface area contributed by atoms with Gasteiger partial charge in [0.1, 0.15) is 0 Å². The smallest absolute Gasteiger partial charge is 0.223 e. The molecule has 132 valence electrons. The Morgan fingerprint density at radius 1 is 1.00 bits per heavy atom. The Labute approximate surface area is 154 Å². The van der Waals surface area contributed by atoms with Gasteiger partial charge in [-0.1, -0.05) is 36.4 Å². The zero-order valence-corrected chi connectivity index (χ0v) is 15.3. The summed E-state index contributed by atoms with van der Waals surface area (Å²) >= 11 is 1.83. The molecule has 1 fully saturated rings. The highest BCUT2D eigenvalue weighted by atomic mass is 32.2. The average Bonchev–Trinajstić information content (AvgIpc) is 2.67. The molecule has 25 heavy (non-hydrogen) atoms. The van der Waals surface area contributed by atoms with Gasteiger partial charge in [-0.2, -0.15) is 11.8 Å². The molecule has 2 aromatic rings. The average molecular weight is 356 g/mol. The highest BCUT2D eigenvalue weighted by molar-refractivity contribution is 7.98. The van der Waals surface area contributed by atoms with Crippen LogP contribution in [-0.2, 0) is 17.1 Å². The van der Waals surface area contributed by atoms with E-state index in [-0.39, 0.29) is 5.91 Å². The van der Waals surface area contributed by atoms with Crippen LogP contribution >= 0.6 is 11.8 Å². The summed E-state index contributed by atoms with van der Waals surface area (Å²) in [5.74, 6) is 2.16. The van der Waals surface area contributed by atoms with E-state index in [0.717, 1.165) is 49.9 Å². The van der Waals surface area contributed by atoms with Gasteiger partial charge in [0.2, 0.25) is 5.91 Å². The number of pyridine rings is 1. The first-order valence-electron chi connectivity index (χ1n) is 8.83. The Kier molecular flexibility index (Phi) is 6.89. The van der Waals surface area contributed by atoms with Crippen molar-refractivity contribution in [2.45, 2.75) is 18.7 Å². The number of hydrogen-bond acceptors (Lipinski definition) is 4. The van der Waals surface area contributed by atoms with Gasteiger partial charge in [-0.05, 0) is 17.7 Å². The van der Waals surface area contributed by atoms with E-state index in [9.17, 15) is 4.79 Å². The molecule has 0 bridgehead atoms. The third kappa shape index (κ3) is 5.87. The molecule has 0 unspecified atom stereocenters. The first-order valence-corrected chi connectivity index (χ1v) is 9.98. The van der Waals surface area contributed by atoms with Gasteiger partial charge in [-0.15, -0.1) is 0 Å². The lowest BCUT2D eigenvalue weighted by molar-refractivity contribution is -0.132. The summed E-state index contributed by atoms with van der Waals surface area (Å²) in [6.07, 6.45) is 2.47. The summed E-state index contributed by atoms with van der Waals surface area (Å²) in [5.41, 5.74) is 2.42. The van der Waals surface area contributed by atoms with Crippen molar-refractivity contribution in [2.75, 3.05) is 31.9 Å². The molecule has 0 atom stereocenters. The molecule has 1 aromatic heterocycles. The van der Waals surface area contributed by atoms with Gasteiger partial charge < -0.3 is 4.90 Å². The Morgan fingerprint density at radius 3 is 2.48 bits per heavy atom. The number of carbonyl (C=O) groups excluding carboxylic acids is 1. The normalized spacial score (nSPS) is 15.3. The van der Waals surface area contributed by atoms with E-state index in [1.54, 1.807) is 0 Å². The van der Waals surface area contributed by atoms with Crippen LogP contribution in [0.1, 0.15) is 17.7 Å². The highest BCUT2D eigenvalue weighted by Gasteiger charge is 2.20. The summed E-state index contributed by atoms with van der Waals surface area (Å²) in [6.45, 7) is 4.39. The zero-order chi connectivity index (χ0) is 17.3. The number of amides is 1. The van der Waals surface area contributed by atoms with E-state index < -0.39 is 0 Å². The van der Waals surface area contributed by atoms with E-state index in [0.29, 0.717) is 6.42 Å². The van der Waals surface area contributed by atoms with Crippen molar-refractivity contribution in [1.29, 1.82) is 0 Å². The van der Waals surface area contributed by atoms with Crippen molar-refractivity contribution in [2.24, 2.45) is 0 Å². The molecular formula is C20H25N3OS. The van der Waals surface area contributed by atoms with Crippen LogP contribution in [0.3, 0.4) is 0 Å². The number of thioether (sulfide) groups is 1. The molecule has 0 radical (unpaired) electrons. The van der Waals surface area contributed by atoms with Crippen molar-refractivity contribution in [3.8, 4) is 0 Å². The van der Waals surface area contributed by atoms with Crippen LogP contribution in [0.5, 0.6) is 0 Å². The van der Waals surface area contributed by atoms with Gasteiger partial charge in [-0.3, -0.25) is 14.7 Å². The third-order valence-corrected chi connectivity index (χ3v) is 5.44. The summed E-state index contributed by atoms with van der Waals surface area (Å²) in [5, 5.41) is 0.